The second-order valence-electron chi connectivity index (χ2n) is 4.46. The maximum atomic E-state index is 11.7. The van der Waals surface area contributed by atoms with Crippen LogP contribution in [0.5, 0.6) is 0 Å². The number of nitrogens with zero attached hydrogens (tertiary/aromatic N) is 2. The Balaban J connectivity index is 1.86. The number of aryl methyl sites for hydroxylation is 1. The number of ketones is 1. The van der Waals surface area contributed by atoms with Gasteiger partial charge in [-0.25, -0.2) is 4.79 Å². The largest absolute Gasteiger partial charge is 0.334 e. The quantitative estimate of drug-likeness (QED) is 0.835. The van der Waals surface area contributed by atoms with Crippen LogP contribution in [-0.4, -0.2) is 21.6 Å². The average molecular weight is 272 g/mol. The van der Waals surface area contributed by atoms with E-state index in [2.05, 4.69) is 15.7 Å². The molecule has 0 fully saturated rings. The molecule has 0 saturated carbocycles. The first-order chi connectivity index (χ1) is 9.54. The first-order valence-corrected chi connectivity index (χ1v) is 6.18. The fourth-order valence-electron chi connectivity index (χ4n) is 1.71. The van der Waals surface area contributed by atoms with Crippen LogP contribution in [0.2, 0.25) is 0 Å². The molecule has 2 aromatic rings. The van der Waals surface area contributed by atoms with Crippen LogP contribution < -0.4 is 10.6 Å². The van der Waals surface area contributed by atoms with Crippen molar-refractivity contribution in [3.05, 3.63) is 47.8 Å². The lowest BCUT2D eigenvalue weighted by Crippen LogP contribution is -2.28. The van der Waals surface area contributed by atoms with E-state index in [1.807, 2.05) is 13.2 Å². The van der Waals surface area contributed by atoms with Gasteiger partial charge in [0, 0.05) is 36.6 Å². The molecule has 0 aliphatic carbocycles. The lowest BCUT2D eigenvalue weighted by atomic mass is 10.1. The molecule has 6 nitrogen and oxygen atoms in total. The molecule has 0 bridgehead atoms. The number of nitrogens with one attached hydrogen (secondary N) is 2. The van der Waals surface area contributed by atoms with Crippen LogP contribution in [0.25, 0.3) is 0 Å². The molecule has 2 rings (SSSR count). The van der Waals surface area contributed by atoms with Gasteiger partial charge in [-0.2, -0.15) is 5.10 Å². The second kappa shape index (κ2) is 6.01. The van der Waals surface area contributed by atoms with Crippen molar-refractivity contribution in [2.75, 3.05) is 5.32 Å². The van der Waals surface area contributed by atoms with Crippen molar-refractivity contribution < 1.29 is 9.59 Å². The van der Waals surface area contributed by atoms with E-state index in [4.69, 9.17) is 0 Å². The standard InChI is InChI=1S/C14H16N4O2/c1-10(19)12-3-5-13(6-4-12)17-14(20)15-7-11-8-16-18(2)9-11/h3-6,8-9H,7H2,1-2H3,(H2,15,17,20). The van der Waals surface area contributed by atoms with Crippen molar-refractivity contribution in [3.8, 4) is 0 Å². The molecule has 6 heteroatoms. The summed E-state index contributed by atoms with van der Waals surface area (Å²) in [6.07, 6.45) is 3.53. The number of rotatable bonds is 4. The van der Waals surface area contributed by atoms with Gasteiger partial charge in [0.25, 0.3) is 0 Å². The van der Waals surface area contributed by atoms with E-state index in [1.165, 1.54) is 6.92 Å². The van der Waals surface area contributed by atoms with Gasteiger partial charge in [0.05, 0.1) is 6.20 Å². The third-order valence-electron chi connectivity index (χ3n) is 2.76. The summed E-state index contributed by atoms with van der Waals surface area (Å²) in [6, 6.07) is 6.45. The van der Waals surface area contributed by atoms with Crippen LogP contribution in [-0.2, 0) is 13.6 Å². The van der Waals surface area contributed by atoms with Crippen LogP contribution in [0.15, 0.2) is 36.7 Å². The number of hydrogen-bond donors (Lipinski definition) is 2. The lowest BCUT2D eigenvalue weighted by molar-refractivity contribution is 0.101. The normalized spacial score (nSPS) is 10.1. The Kier molecular flexibility index (Phi) is 4.14. The minimum Gasteiger partial charge on any atom is -0.334 e. The molecular formula is C14H16N4O2. The number of aromatic nitrogens is 2. The topological polar surface area (TPSA) is 76.0 Å². The summed E-state index contributed by atoms with van der Waals surface area (Å²) in [5, 5.41) is 9.44. The predicted octanol–water partition coefficient (Wildman–Crippen LogP) is 1.94. The highest BCUT2D eigenvalue weighted by molar-refractivity contribution is 5.95. The van der Waals surface area contributed by atoms with Crippen molar-refractivity contribution in [2.24, 2.45) is 7.05 Å². The molecule has 0 saturated heterocycles. The first-order valence-electron chi connectivity index (χ1n) is 6.18. The highest BCUT2D eigenvalue weighted by Crippen LogP contribution is 2.09. The van der Waals surface area contributed by atoms with E-state index in [-0.39, 0.29) is 11.8 Å². The zero-order valence-corrected chi connectivity index (χ0v) is 11.4. The van der Waals surface area contributed by atoms with Gasteiger partial charge in [-0.1, -0.05) is 0 Å². The Morgan fingerprint density at radius 2 is 1.95 bits per heavy atom. The van der Waals surface area contributed by atoms with Crippen molar-refractivity contribution in [2.45, 2.75) is 13.5 Å². The summed E-state index contributed by atoms with van der Waals surface area (Å²) in [7, 11) is 1.82. The summed E-state index contributed by atoms with van der Waals surface area (Å²) < 4.78 is 1.68. The number of anilines is 1. The molecule has 0 aliphatic heterocycles. The molecule has 1 aromatic carbocycles. The predicted molar refractivity (Wildman–Crippen MR) is 75.5 cm³/mol. The zero-order valence-electron chi connectivity index (χ0n) is 11.4. The minimum absolute atomic E-state index is 0.00224. The summed E-state index contributed by atoms with van der Waals surface area (Å²) in [5.74, 6) is -0.00224. The van der Waals surface area contributed by atoms with Crippen molar-refractivity contribution in [1.29, 1.82) is 0 Å². The van der Waals surface area contributed by atoms with Crippen molar-refractivity contribution >= 4 is 17.5 Å². The SMILES string of the molecule is CC(=O)c1ccc(NC(=O)NCc2cnn(C)c2)cc1. The van der Waals surface area contributed by atoms with E-state index < -0.39 is 0 Å². The Labute approximate surface area is 116 Å². The third kappa shape index (κ3) is 3.68. The molecule has 0 radical (unpaired) electrons. The summed E-state index contributed by atoms with van der Waals surface area (Å²) in [4.78, 5) is 22.8. The Bertz CT molecular complexity index is 616. The smallest absolute Gasteiger partial charge is 0.319 e. The highest BCUT2D eigenvalue weighted by Gasteiger charge is 2.04. The summed E-state index contributed by atoms with van der Waals surface area (Å²) >= 11 is 0. The Morgan fingerprint density at radius 3 is 2.50 bits per heavy atom. The zero-order chi connectivity index (χ0) is 14.5. The van der Waals surface area contributed by atoms with Crippen LogP contribution in [0.1, 0.15) is 22.8 Å². The van der Waals surface area contributed by atoms with Gasteiger partial charge < -0.3 is 10.6 Å². The minimum atomic E-state index is -0.301. The number of urea groups is 1. The molecule has 0 atom stereocenters. The Morgan fingerprint density at radius 1 is 1.25 bits per heavy atom. The van der Waals surface area contributed by atoms with Gasteiger partial charge in [0.2, 0.25) is 0 Å². The van der Waals surface area contributed by atoms with Crippen molar-refractivity contribution in [3.63, 3.8) is 0 Å². The molecule has 2 N–H and O–H groups in total. The van der Waals surface area contributed by atoms with E-state index in [0.717, 1.165) is 5.56 Å². The Hall–Kier alpha value is -2.63. The number of amides is 2. The fraction of sp³-hybridized carbons (Fsp3) is 0.214. The summed E-state index contributed by atoms with van der Waals surface area (Å²) in [6.45, 7) is 1.91. The number of benzene rings is 1. The number of carbonyl (C=O) groups excluding carboxylic acids is 2. The monoisotopic (exact) mass is 272 g/mol. The summed E-state index contributed by atoms with van der Waals surface area (Å²) in [5.41, 5.74) is 2.18. The number of carbonyl (C=O) groups is 2. The number of Topliss-reactive ketones (excluding diaryl/α,β-unsaturated/α-hetero) is 1. The van der Waals surface area contributed by atoms with Crippen LogP contribution >= 0.6 is 0 Å². The van der Waals surface area contributed by atoms with E-state index >= 15 is 0 Å². The van der Waals surface area contributed by atoms with Crippen LogP contribution in [0, 0.1) is 0 Å². The fourth-order valence-corrected chi connectivity index (χ4v) is 1.71. The lowest BCUT2D eigenvalue weighted by Gasteiger charge is -2.07. The van der Waals surface area contributed by atoms with Gasteiger partial charge in [-0.05, 0) is 31.2 Å². The average Bonchev–Trinajstić information content (AvgIpc) is 2.83. The molecule has 0 unspecified atom stereocenters. The maximum absolute atomic E-state index is 11.7. The van der Waals surface area contributed by atoms with E-state index in [0.29, 0.717) is 17.8 Å². The van der Waals surface area contributed by atoms with Gasteiger partial charge in [0.1, 0.15) is 0 Å². The van der Waals surface area contributed by atoms with E-state index in [1.54, 1.807) is 35.1 Å². The molecule has 1 heterocycles. The van der Waals surface area contributed by atoms with Gasteiger partial charge in [-0.3, -0.25) is 9.48 Å². The molecule has 1 aromatic heterocycles. The highest BCUT2D eigenvalue weighted by atomic mass is 16.2. The molecule has 0 aliphatic rings. The van der Waals surface area contributed by atoms with Gasteiger partial charge in [0.15, 0.2) is 5.78 Å². The third-order valence-corrected chi connectivity index (χ3v) is 2.76. The van der Waals surface area contributed by atoms with Crippen LogP contribution in [0.4, 0.5) is 10.5 Å². The molecule has 2 amide bonds. The van der Waals surface area contributed by atoms with E-state index in [9.17, 15) is 9.59 Å². The van der Waals surface area contributed by atoms with Gasteiger partial charge >= 0.3 is 6.03 Å². The molecule has 0 spiro atoms. The first kappa shape index (κ1) is 13.8. The van der Waals surface area contributed by atoms with Gasteiger partial charge in [-0.15, -0.1) is 0 Å². The molecular weight excluding hydrogens is 256 g/mol. The number of hydrogen-bond acceptors (Lipinski definition) is 3. The maximum Gasteiger partial charge on any atom is 0.319 e. The second-order valence-corrected chi connectivity index (χ2v) is 4.46. The molecule has 104 valence electrons. The van der Waals surface area contributed by atoms with Crippen molar-refractivity contribution in [1.82, 2.24) is 15.1 Å². The van der Waals surface area contributed by atoms with Crippen LogP contribution in [0.3, 0.4) is 0 Å². The molecule has 20 heavy (non-hydrogen) atoms.